The van der Waals surface area contributed by atoms with Crippen molar-refractivity contribution in [2.24, 2.45) is 5.73 Å². The van der Waals surface area contributed by atoms with Crippen molar-refractivity contribution in [3.8, 4) is 5.75 Å². The second-order valence-electron chi connectivity index (χ2n) is 5.09. The lowest BCUT2D eigenvalue weighted by Gasteiger charge is -2.13. The number of aryl methyl sites for hydroxylation is 1. The van der Waals surface area contributed by atoms with Gasteiger partial charge in [-0.2, -0.15) is 0 Å². The SMILES string of the molecule is CCCc1ccc(C(N)CSc2cccc(OC)c2)cc1. The lowest BCUT2D eigenvalue weighted by atomic mass is 10.0. The van der Waals surface area contributed by atoms with E-state index in [2.05, 4.69) is 37.3 Å². The molecule has 0 aliphatic rings. The van der Waals surface area contributed by atoms with Gasteiger partial charge in [0.15, 0.2) is 0 Å². The molecule has 112 valence electrons. The van der Waals surface area contributed by atoms with E-state index in [-0.39, 0.29) is 6.04 Å². The molecule has 3 heteroatoms. The minimum atomic E-state index is 0.0527. The van der Waals surface area contributed by atoms with Crippen molar-refractivity contribution in [1.29, 1.82) is 0 Å². The molecule has 2 nitrogen and oxygen atoms in total. The Hall–Kier alpha value is -1.45. The molecule has 2 N–H and O–H groups in total. The fourth-order valence-corrected chi connectivity index (χ4v) is 3.13. The molecule has 1 atom stereocenters. The fraction of sp³-hybridized carbons (Fsp3) is 0.333. The summed E-state index contributed by atoms with van der Waals surface area (Å²) in [6.07, 6.45) is 2.31. The van der Waals surface area contributed by atoms with Crippen molar-refractivity contribution in [3.63, 3.8) is 0 Å². The van der Waals surface area contributed by atoms with Crippen LogP contribution in [0.25, 0.3) is 0 Å². The summed E-state index contributed by atoms with van der Waals surface area (Å²) in [5.41, 5.74) is 8.87. The maximum atomic E-state index is 6.29. The molecule has 2 aromatic rings. The summed E-state index contributed by atoms with van der Waals surface area (Å²) in [5, 5.41) is 0. The van der Waals surface area contributed by atoms with Crippen molar-refractivity contribution in [2.45, 2.75) is 30.7 Å². The third-order valence-corrected chi connectivity index (χ3v) is 4.53. The van der Waals surface area contributed by atoms with Crippen LogP contribution in [0.3, 0.4) is 0 Å². The molecule has 0 bridgehead atoms. The minimum Gasteiger partial charge on any atom is -0.497 e. The largest absolute Gasteiger partial charge is 0.497 e. The van der Waals surface area contributed by atoms with E-state index in [1.54, 1.807) is 18.9 Å². The van der Waals surface area contributed by atoms with Crippen molar-refractivity contribution in [3.05, 3.63) is 59.7 Å². The quantitative estimate of drug-likeness (QED) is 0.768. The van der Waals surface area contributed by atoms with E-state index in [4.69, 9.17) is 10.5 Å². The van der Waals surface area contributed by atoms with Crippen molar-refractivity contribution in [2.75, 3.05) is 12.9 Å². The molecule has 0 aromatic heterocycles. The number of rotatable bonds is 7. The van der Waals surface area contributed by atoms with E-state index in [0.29, 0.717) is 0 Å². The van der Waals surface area contributed by atoms with Crippen LogP contribution in [0.15, 0.2) is 53.4 Å². The predicted molar refractivity (Wildman–Crippen MR) is 91.1 cm³/mol. The van der Waals surface area contributed by atoms with Crippen molar-refractivity contribution in [1.82, 2.24) is 0 Å². The number of ether oxygens (including phenoxy) is 1. The third-order valence-electron chi connectivity index (χ3n) is 3.42. The molecule has 0 saturated heterocycles. The molecule has 0 radical (unpaired) electrons. The van der Waals surface area contributed by atoms with Gasteiger partial charge in [-0.3, -0.25) is 0 Å². The van der Waals surface area contributed by atoms with Gasteiger partial charge in [-0.05, 0) is 35.7 Å². The second kappa shape index (κ2) is 8.11. The Bertz CT molecular complexity index is 553. The molecule has 0 amide bonds. The van der Waals surface area contributed by atoms with E-state index < -0.39 is 0 Å². The fourth-order valence-electron chi connectivity index (χ4n) is 2.19. The molecular weight excluding hydrogens is 278 g/mol. The first-order valence-corrected chi connectivity index (χ1v) is 8.32. The van der Waals surface area contributed by atoms with Gasteiger partial charge in [-0.1, -0.05) is 43.7 Å². The van der Waals surface area contributed by atoms with Crippen molar-refractivity contribution >= 4 is 11.8 Å². The van der Waals surface area contributed by atoms with Crippen LogP contribution in [0.2, 0.25) is 0 Å². The normalized spacial score (nSPS) is 12.1. The number of benzene rings is 2. The van der Waals surface area contributed by atoms with E-state index in [0.717, 1.165) is 17.9 Å². The van der Waals surface area contributed by atoms with Gasteiger partial charge in [0.25, 0.3) is 0 Å². The number of hydrogen-bond donors (Lipinski definition) is 1. The smallest absolute Gasteiger partial charge is 0.119 e. The first kappa shape index (κ1) is 15.9. The summed E-state index contributed by atoms with van der Waals surface area (Å²) in [6, 6.07) is 16.8. The van der Waals surface area contributed by atoms with Crippen LogP contribution < -0.4 is 10.5 Å². The van der Waals surface area contributed by atoms with Gasteiger partial charge in [0, 0.05) is 16.7 Å². The van der Waals surface area contributed by atoms with E-state index >= 15 is 0 Å². The van der Waals surface area contributed by atoms with Gasteiger partial charge in [0.1, 0.15) is 5.75 Å². The zero-order valence-electron chi connectivity index (χ0n) is 12.7. The highest BCUT2D eigenvalue weighted by molar-refractivity contribution is 7.99. The Morgan fingerprint density at radius 1 is 1.14 bits per heavy atom. The summed E-state index contributed by atoms with van der Waals surface area (Å²) in [6.45, 7) is 2.20. The molecule has 2 aromatic carbocycles. The van der Waals surface area contributed by atoms with Gasteiger partial charge in [0.2, 0.25) is 0 Å². The summed E-state index contributed by atoms with van der Waals surface area (Å²) in [7, 11) is 1.69. The standard InChI is InChI=1S/C18H23NOS/c1-3-5-14-8-10-15(11-9-14)18(19)13-21-17-7-4-6-16(12-17)20-2/h4,6-12,18H,3,5,13,19H2,1-2H3. The first-order chi connectivity index (χ1) is 10.2. The molecule has 0 heterocycles. The van der Waals surface area contributed by atoms with Crippen LogP contribution in [0.4, 0.5) is 0 Å². The summed E-state index contributed by atoms with van der Waals surface area (Å²) < 4.78 is 5.24. The maximum Gasteiger partial charge on any atom is 0.119 e. The topological polar surface area (TPSA) is 35.2 Å². The van der Waals surface area contributed by atoms with Gasteiger partial charge >= 0.3 is 0 Å². The van der Waals surface area contributed by atoms with Crippen LogP contribution in [-0.2, 0) is 6.42 Å². The number of hydrogen-bond acceptors (Lipinski definition) is 3. The Labute approximate surface area is 131 Å². The Morgan fingerprint density at radius 3 is 2.57 bits per heavy atom. The monoisotopic (exact) mass is 301 g/mol. The third kappa shape index (κ3) is 4.80. The number of thioether (sulfide) groups is 1. The molecule has 21 heavy (non-hydrogen) atoms. The Kier molecular flexibility index (Phi) is 6.15. The summed E-state index contributed by atoms with van der Waals surface area (Å²) >= 11 is 1.76. The van der Waals surface area contributed by atoms with Crippen LogP contribution in [-0.4, -0.2) is 12.9 Å². The lowest BCUT2D eigenvalue weighted by Crippen LogP contribution is -2.12. The summed E-state index contributed by atoms with van der Waals surface area (Å²) in [4.78, 5) is 1.19. The second-order valence-corrected chi connectivity index (χ2v) is 6.18. The average molecular weight is 301 g/mol. The van der Waals surface area contributed by atoms with E-state index in [1.807, 2.05) is 18.2 Å². The van der Waals surface area contributed by atoms with Gasteiger partial charge in [-0.25, -0.2) is 0 Å². The number of methoxy groups -OCH3 is 1. The molecular formula is C18H23NOS. The zero-order chi connectivity index (χ0) is 15.1. The molecule has 1 unspecified atom stereocenters. The van der Waals surface area contributed by atoms with E-state index in [9.17, 15) is 0 Å². The molecule has 0 aliphatic carbocycles. The zero-order valence-corrected chi connectivity index (χ0v) is 13.5. The predicted octanol–water partition coefficient (Wildman–Crippen LogP) is 4.44. The maximum absolute atomic E-state index is 6.29. The summed E-state index contributed by atoms with van der Waals surface area (Å²) in [5.74, 6) is 1.75. The molecule has 2 rings (SSSR count). The molecule has 0 spiro atoms. The molecule has 0 fully saturated rings. The van der Waals surface area contributed by atoms with Crippen molar-refractivity contribution < 1.29 is 4.74 Å². The average Bonchev–Trinajstić information content (AvgIpc) is 2.54. The van der Waals surface area contributed by atoms with Crippen LogP contribution in [0, 0.1) is 0 Å². The highest BCUT2D eigenvalue weighted by atomic mass is 32.2. The van der Waals surface area contributed by atoms with Gasteiger partial charge in [-0.15, -0.1) is 11.8 Å². The highest BCUT2D eigenvalue weighted by Crippen LogP contribution is 2.26. The van der Waals surface area contributed by atoms with Crippen LogP contribution >= 0.6 is 11.8 Å². The van der Waals surface area contributed by atoms with Gasteiger partial charge < -0.3 is 10.5 Å². The van der Waals surface area contributed by atoms with Crippen LogP contribution in [0.1, 0.15) is 30.5 Å². The van der Waals surface area contributed by atoms with E-state index in [1.165, 1.54) is 22.4 Å². The van der Waals surface area contributed by atoms with Crippen LogP contribution in [0.5, 0.6) is 5.75 Å². The molecule has 0 saturated carbocycles. The highest BCUT2D eigenvalue weighted by Gasteiger charge is 2.07. The minimum absolute atomic E-state index is 0.0527. The molecule has 0 aliphatic heterocycles. The number of nitrogens with two attached hydrogens (primary N) is 1. The lowest BCUT2D eigenvalue weighted by molar-refractivity contribution is 0.413. The first-order valence-electron chi connectivity index (χ1n) is 7.34. The Balaban J connectivity index is 1.92. The Morgan fingerprint density at radius 2 is 1.90 bits per heavy atom. The van der Waals surface area contributed by atoms with Gasteiger partial charge in [0.05, 0.1) is 7.11 Å².